The molecule has 3 nitrogen and oxygen atoms in total. The first-order valence-electron chi connectivity index (χ1n) is 18.7. The summed E-state index contributed by atoms with van der Waals surface area (Å²) in [5.74, 6) is 0. The van der Waals surface area contributed by atoms with E-state index in [-0.39, 0.29) is 0 Å². The standard InChI is InChI=1S/C52H33NO2/c1-2-13-34(14-3-1)40-16-6-9-22-47(40)53(38-29-25-35(26-30-38)42-20-12-21-44-43-18-7-10-23-48(43)54-51(42)44)39-31-27-36(28-32-39)46-33-37-15-4-5-17-41(37)50-45-19-8-11-24-49(45)55-52(46)50/h1-33H. The molecule has 0 saturated carbocycles. The fourth-order valence-corrected chi connectivity index (χ4v) is 8.30. The lowest BCUT2D eigenvalue weighted by molar-refractivity contribution is 0.669. The van der Waals surface area contributed by atoms with Gasteiger partial charge in [-0.15, -0.1) is 0 Å². The number of anilines is 3. The van der Waals surface area contributed by atoms with Gasteiger partial charge in [0, 0.05) is 49.6 Å². The van der Waals surface area contributed by atoms with E-state index in [9.17, 15) is 0 Å². The lowest BCUT2D eigenvalue weighted by Gasteiger charge is -2.28. The van der Waals surface area contributed by atoms with Crippen LogP contribution in [-0.2, 0) is 0 Å². The number of nitrogens with zero attached hydrogens (tertiary/aromatic N) is 1. The van der Waals surface area contributed by atoms with E-state index < -0.39 is 0 Å². The summed E-state index contributed by atoms with van der Waals surface area (Å²) in [7, 11) is 0. The van der Waals surface area contributed by atoms with E-state index in [0.29, 0.717) is 0 Å². The minimum absolute atomic E-state index is 0.899. The minimum Gasteiger partial charge on any atom is -0.455 e. The Morgan fingerprint density at radius 3 is 1.62 bits per heavy atom. The maximum Gasteiger partial charge on any atom is 0.143 e. The Hall–Kier alpha value is -7.36. The van der Waals surface area contributed by atoms with E-state index in [1.54, 1.807) is 0 Å². The Morgan fingerprint density at radius 2 is 0.855 bits per heavy atom. The largest absolute Gasteiger partial charge is 0.455 e. The summed E-state index contributed by atoms with van der Waals surface area (Å²) in [4.78, 5) is 2.36. The van der Waals surface area contributed by atoms with Crippen molar-refractivity contribution in [2.24, 2.45) is 0 Å². The zero-order valence-corrected chi connectivity index (χ0v) is 29.8. The minimum atomic E-state index is 0.899. The van der Waals surface area contributed by atoms with Crippen molar-refractivity contribution < 1.29 is 8.83 Å². The highest BCUT2D eigenvalue weighted by atomic mass is 16.3. The third-order valence-corrected chi connectivity index (χ3v) is 10.9. The Balaban J connectivity index is 1.06. The Labute approximate surface area is 317 Å². The van der Waals surface area contributed by atoms with Crippen molar-refractivity contribution in [2.45, 2.75) is 0 Å². The van der Waals surface area contributed by atoms with Gasteiger partial charge >= 0.3 is 0 Å². The summed E-state index contributed by atoms with van der Waals surface area (Å²) in [5, 5.41) is 6.94. The molecular formula is C52H33NO2. The Bertz CT molecular complexity index is 3190. The van der Waals surface area contributed by atoms with Crippen LogP contribution in [0.4, 0.5) is 17.1 Å². The van der Waals surface area contributed by atoms with Crippen LogP contribution in [0.15, 0.2) is 209 Å². The van der Waals surface area contributed by atoms with Crippen LogP contribution in [0, 0.1) is 0 Å². The van der Waals surface area contributed by atoms with Crippen molar-refractivity contribution in [3.8, 4) is 33.4 Å². The van der Waals surface area contributed by atoms with E-state index in [0.717, 1.165) is 94.3 Å². The van der Waals surface area contributed by atoms with E-state index in [1.807, 2.05) is 18.2 Å². The lowest BCUT2D eigenvalue weighted by atomic mass is 9.96. The topological polar surface area (TPSA) is 29.5 Å². The fraction of sp³-hybridized carbons (Fsp3) is 0. The number of furan rings is 2. The van der Waals surface area contributed by atoms with Gasteiger partial charge in [0.1, 0.15) is 22.3 Å². The van der Waals surface area contributed by atoms with Gasteiger partial charge in [-0.25, -0.2) is 0 Å². The van der Waals surface area contributed by atoms with Gasteiger partial charge in [-0.2, -0.15) is 0 Å². The molecule has 0 spiro atoms. The quantitative estimate of drug-likeness (QED) is 0.173. The number of fused-ring (bicyclic) bond motifs is 8. The molecule has 258 valence electrons. The molecule has 11 aromatic rings. The molecule has 9 aromatic carbocycles. The molecule has 0 fully saturated rings. The second-order valence-corrected chi connectivity index (χ2v) is 14.0. The Morgan fingerprint density at radius 1 is 0.327 bits per heavy atom. The summed E-state index contributed by atoms with van der Waals surface area (Å²) in [6.07, 6.45) is 0. The molecule has 2 aromatic heterocycles. The molecule has 0 aliphatic heterocycles. The molecule has 0 aliphatic carbocycles. The van der Waals surface area contributed by atoms with Crippen LogP contribution in [0.5, 0.6) is 0 Å². The monoisotopic (exact) mass is 703 g/mol. The van der Waals surface area contributed by atoms with E-state index in [4.69, 9.17) is 8.83 Å². The van der Waals surface area contributed by atoms with Crippen molar-refractivity contribution in [1.29, 1.82) is 0 Å². The molecule has 0 aliphatic rings. The van der Waals surface area contributed by atoms with Crippen LogP contribution in [0.1, 0.15) is 0 Å². The van der Waals surface area contributed by atoms with Gasteiger partial charge in [-0.05, 0) is 76.0 Å². The van der Waals surface area contributed by atoms with E-state index >= 15 is 0 Å². The second-order valence-electron chi connectivity index (χ2n) is 14.0. The van der Waals surface area contributed by atoms with Crippen molar-refractivity contribution in [2.75, 3.05) is 4.90 Å². The predicted octanol–water partition coefficient (Wildman–Crippen LogP) is 15.1. The molecule has 0 atom stereocenters. The molecule has 0 unspecified atom stereocenters. The summed E-state index contributed by atoms with van der Waals surface area (Å²) in [6.45, 7) is 0. The van der Waals surface area contributed by atoms with Crippen molar-refractivity contribution in [3.63, 3.8) is 0 Å². The van der Waals surface area contributed by atoms with Gasteiger partial charge in [-0.3, -0.25) is 0 Å². The third-order valence-electron chi connectivity index (χ3n) is 10.9. The number of para-hydroxylation sites is 4. The van der Waals surface area contributed by atoms with Crippen LogP contribution in [0.2, 0.25) is 0 Å². The smallest absolute Gasteiger partial charge is 0.143 e. The summed E-state index contributed by atoms with van der Waals surface area (Å²) in [5.41, 5.74) is 13.5. The highest BCUT2D eigenvalue weighted by Gasteiger charge is 2.20. The molecule has 0 radical (unpaired) electrons. The molecule has 11 rings (SSSR count). The first kappa shape index (κ1) is 31.2. The molecular weight excluding hydrogens is 671 g/mol. The highest BCUT2D eigenvalue weighted by Crippen LogP contribution is 2.45. The van der Waals surface area contributed by atoms with Crippen LogP contribution in [-0.4, -0.2) is 0 Å². The van der Waals surface area contributed by atoms with Crippen molar-refractivity contribution in [3.05, 3.63) is 200 Å². The average molecular weight is 704 g/mol. The van der Waals surface area contributed by atoms with Crippen LogP contribution in [0.25, 0.3) is 88.0 Å². The molecule has 0 amide bonds. The number of rotatable bonds is 6. The zero-order valence-electron chi connectivity index (χ0n) is 29.8. The predicted molar refractivity (Wildman–Crippen MR) is 229 cm³/mol. The Kier molecular flexibility index (Phi) is 7.17. The molecule has 0 saturated heterocycles. The van der Waals surface area contributed by atoms with Crippen LogP contribution >= 0.6 is 0 Å². The van der Waals surface area contributed by atoms with Gasteiger partial charge in [-0.1, -0.05) is 152 Å². The fourth-order valence-electron chi connectivity index (χ4n) is 8.30. The van der Waals surface area contributed by atoms with Crippen molar-refractivity contribution >= 4 is 71.7 Å². The highest BCUT2D eigenvalue weighted by molar-refractivity contribution is 6.22. The summed E-state index contributed by atoms with van der Waals surface area (Å²) >= 11 is 0. The van der Waals surface area contributed by atoms with Crippen LogP contribution < -0.4 is 4.90 Å². The molecule has 3 heteroatoms. The number of hydrogen-bond acceptors (Lipinski definition) is 3. The molecule has 0 bridgehead atoms. The maximum absolute atomic E-state index is 6.60. The van der Waals surface area contributed by atoms with Gasteiger partial charge < -0.3 is 13.7 Å². The maximum atomic E-state index is 6.60. The average Bonchev–Trinajstić information content (AvgIpc) is 3.84. The van der Waals surface area contributed by atoms with E-state index in [1.165, 1.54) is 10.8 Å². The van der Waals surface area contributed by atoms with Gasteiger partial charge in [0.25, 0.3) is 0 Å². The van der Waals surface area contributed by atoms with Crippen molar-refractivity contribution in [1.82, 2.24) is 0 Å². The SMILES string of the molecule is c1ccc(-c2ccccc2N(c2ccc(-c3cccc4c3oc3ccccc34)cc2)c2ccc(-c3cc4ccccc4c4c3oc3ccccc34)cc2)cc1. The third kappa shape index (κ3) is 5.13. The number of benzene rings is 9. The lowest BCUT2D eigenvalue weighted by Crippen LogP contribution is -2.11. The van der Waals surface area contributed by atoms with Gasteiger partial charge in [0.2, 0.25) is 0 Å². The van der Waals surface area contributed by atoms with Crippen LogP contribution in [0.3, 0.4) is 0 Å². The first-order valence-corrected chi connectivity index (χ1v) is 18.7. The molecule has 2 heterocycles. The second kappa shape index (κ2) is 12.6. The first-order chi connectivity index (χ1) is 27.3. The summed E-state index contributed by atoms with van der Waals surface area (Å²) in [6, 6.07) is 70.8. The molecule has 0 N–H and O–H groups in total. The van der Waals surface area contributed by atoms with E-state index in [2.05, 4.69) is 187 Å². The van der Waals surface area contributed by atoms with Gasteiger partial charge in [0.15, 0.2) is 0 Å². The zero-order chi connectivity index (χ0) is 36.3. The van der Waals surface area contributed by atoms with Gasteiger partial charge in [0.05, 0.1) is 5.69 Å². The molecule has 55 heavy (non-hydrogen) atoms. The summed E-state index contributed by atoms with van der Waals surface area (Å²) < 4.78 is 13.0. The normalized spacial score (nSPS) is 11.6. The number of hydrogen-bond donors (Lipinski definition) is 0.